The number of fused-ring (bicyclic) bond motifs is 1. The van der Waals surface area contributed by atoms with Crippen LogP contribution in [-0.4, -0.2) is 44.5 Å². The summed E-state index contributed by atoms with van der Waals surface area (Å²) in [5.74, 6) is 2.14. The average molecular weight is 416 g/mol. The number of ether oxygens (including phenoxy) is 2. The second-order valence-electron chi connectivity index (χ2n) is 8.15. The third kappa shape index (κ3) is 4.29. The van der Waals surface area contributed by atoms with E-state index in [1.807, 2.05) is 12.1 Å². The number of likely N-dealkylation sites (tertiary alicyclic amines) is 1. The molecule has 1 fully saturated rings. The molecule has 1 aliphatic carbocycles. The second-order valence-corrected chi connectivity index (χ2v) is 8.15. The Morgan fingerprint density at radius 3 is 2.45 bits per heavy atom. The maximum absolute atomic E-state index is 13.2. The van der Waals surface area contributed by atoms with Gasteiger partial charge in [-0.25, -0.2) is 0 Å². The number of rotatable bonds is 5. The van der Waals surface area contributed by atoms with Crippen molar-refractivity contribution in [3.63, 3.8) is 0 Å². The van der Waals surface area contributed by atoms with Gasteiger partial charge in [-0.1, -0.05) is 30.3 Å². The predicted octanol–water partition coefficient (Wildman–Crippen LogP) is 4.43. The Morgan fingerprint density at radius 1 is 1.07 bits per heavy atom. The molecule has 0 bridgehead atoms. The third-order valence-corrected chi connectivity index (χ3v) is 6.59. The number of Topliss-reactive ketones (excluding diaryl/α,β-unsaturated/α-hetero) is 1. The van der Waals surface area contributed by atoms with Gasteiger partial charge in [-0.15, -0.1) is 12.4 Å². The van der Waals surface area contributed by atoms with Gasteiger partial charge >= 0.3 is 0 Å². The molecule has 0 saturated carbocycles. The lowest BCUT2D eigenvalue weighted by Gasteiger charge is -2.39. The summed E-state index contributed by atoms with van der Waals surface area (Å²) in [6.45, 7) is 1.05. The number of carbonyl (C=O) groups is 1. The molecule has 1 aliphatic heterocycles. The fraction of sp³-hybridized carbons (Fsp3) is 0.458. The first-order valence-electron chi connectivity index (χ1n) is 10.1. The summed E-state index contributed by atoms with van der Waals surface area (Å²) in [6, 6.07) is 15.0. The van der Waals surface area contributed by atoms with E-state index in [-0.39, 0.29) is 24.1 Å². The summed E-state index contributed by atoms with van der Waals surface area (Å²) in [4.78, 5) is 15.7. The molecule has 0 aromatic heterocycles. The number of piperidine rings is 1. The van der Waals surface area contributed by atoms with E-state index in [2.05, 4.69) is 42.3 Å². The molecule has 0 radical (unpaired) electrons. The van der Waals surface area contributed by atoms with Gasteiger partial charge in [-0.3, -0.25) is 4.79 Å². The minimum Gasteiger partial charge on any atom is -0.493 e. The van der Waals surface area contributed by atoms with Gasteiger partial charge in [0.15, 0.2) is 17.3 Å². The molecule has 1 saturated heterocycles. The quantitative estimate of drug-likeness (QED) is 0.723. The van der Waals surface area contributed by atoms with Crippen molar-refractivity contribution in [3.8, 4) is 11.5 Å². The van der Waals surface area contributed by atoms with Gasteiger partial charge in [-0.2, -0.15) is 0 Å². The molecule has 2 aromatic carbocycles. The van der Waals surface area contributed by atoms with Gasteiger partial charge in [-0.05, 0) is 68.5 Å². The summed E-state index contributed by atoms with van der Waals surface area (Å²) >= 11 is 0. The van der Waals surface area contributed by atoms with Crippen LogP contribution >= 0.6 is 12.4 Å². The predicted molar refractivity (Wildman–Crippen MR) is 118 cm³/mol. The smallest absolute Gasteiger partial charge is 0.166 e. The Balaban J connectivity index is 0.00000240. The van der Waals surface area contributed by atoms with Crippen molar-refractivity contribution in [2.45, 2.75) is 31.7 Å². The SMILES string of the molecule is COc1cc2c(cc1OC)C(=O)C(C1CCN(C)C(Cc3ccccc3)C1)C2.Cl. The van der Waals surface area contributed by atoms with Crippen LogP contribution in [0.25, 0.3) is 0 Å². The van der Waals surface area contributed by atoms with Crippen LogP contribution in [0.15, 0.2) is 42.5 Å². The van der Waals surface area contributed by atoms with Crippen molar-refractivity contribution in [3.05, 3.63) is 59.2 Å². The molecular formula is C24H30ClNO3. The minimum atomic E-state index is 0. The van der Waals surface area contributed by atoms with Crippen molar-refractivity contribution >= 4 is 18.2 Å². The Bertz CT molecular complexity index is 855. The number of benzene rings is 2. The lowest BCUT2D eigenvalue weighted by molar-refractivity contribution is 0.0758. The van der Waals surface area contributed by atoms with Gasteiger partial charge in [0, 0.05) is 17.5 Å². The number of methoxy groups -OCH3 is 2. The van der Waals surface area contributed by atoms with E-state index in [1.165, 1.54) is 5.56 Å². The standard InChI is InChI=1S/C24H29NO3.ClH/c1-25-10-9-17(12-19(25)11-16-7-5-4-6-8-16)20-13-18-14-22(27-2)23(28-3)15-21(18)24(20)26;/h4-8,14-15,17,19-20H,9-13H2,1-3H3;1H. The highest BCUT2D eigenvalue weighted by Gasteiger charge is 2.40. The Hall–Kier alpha value is -2.04. The number of nitrogens with zero attached hydrogens (tertiary/aromatic N) is 1. The zero-order valence-electron chi connectivity index (χ0n) is 17.4. The molecule has 0 spiro atoms. The topological polar surface area (TPSA) is 38.8 Å². The number of ketones is 1. The summed E-state index contributed by atoms with van der Waals surface area (Å²) in [6.07, 6.45) is 4.02. The van der Waals surface area contributed by atoms with Crippen LogP contribution in [0.2, 0.25) is 0 Å². The Kier molecular flexibility index (Phi) is 6.86. The molecule has 4 rings (SSSR count). The van der Waals surface area contributed by atoms with E-state index >= 15 is 0 Å². The first-order chi connectivity index (χ1) is 13.6. The zero-order chi connectivity index (χ0) is 19.7. The van der Waals surface area contributed by atoms with Crippen LogP contribution in [0, 0.1) is 11.8 Å². The normalized spacial score (nSPS) is 24.0. The molecular weight excluding hydrogens is 386 g/mol. The monoisotopic (exact) mass is 415 g/mol. The number of likely N-dealkylation sites (N-methyl/N-ethyl adjacent to an activating group) is 1. The lowest BCUT2D eigenvalue weighted by Crippen LogP contribution is -2.43. The maximum Gasteiger partial charge on any atom is 0.166 e. The number of carbonyl (C=O) groups excluding carboxylic acids is 1. The summed E-state index contributed by atoms with van der Waals surface area (Å²) in [5, 5.41) is 0. The Labute approximate surface area is 179 Å². The average Bonchev–Trinajstić information content (AvgIpc) is 3.05. The highest BCUT2D eigenvalue weighted by Crippen LogP contribution is 2.42. The third-order valence-electron chi connectivity index (χ3n) is 6.59. The van der Waals surface area contributed by atoms with Crippen molar-refractivity contribution in [2.75, 3.05) is 27.8 Å². The van der Waals surface area contributed by atoms with Crippen LogP contribution < -0.4 is 9.47 Å². The second kappa shape index (κ2) is 9.19. The number of hydrogen-bond donors (Lipinski definition) is 0. The summed E-state index contributed by atoms with van der Waals surface area (Å²) < 4.78 is 10.8. The van der Waals surface area contributed by atoms with Crippen LogP contribution in [0.3, 0.4) is 0 Å². The van der Waals surface area contributed by atoms with Crippen molar-refractivity contribution in [1.82, 2.24) is 4.90 Å². The van der Waals surface area contributed by atoms with E-state index in [9.17, 15) is 4.79 Å². The molecule has 2 aromatic rings. The van der Waals surface area contributed by atoms with E-state index < -0.39 is 0 Å². The molecule has 0 N–H and O–H groups in total. The molecule has 5 heteroatoms. The van der Waals surface area contributed by atoms with Crippen LogP contribution in [0.5, 0.6) is 11.5 Å². The molecule has 4 nitrogen and oxygen atoms in total. The molecule has 156 valence electrons. The van der Waals surface area contributed by atoms with E-state index in [1.54, 1.807) is 14.2 Å². The minimum absolute atomic E-state index is 0. The zero-order valence-corrected chi connectivity index (χ0v) is 18.2. The molecule has 1 heterocycles. The molecule has 3 atom stereocenters. The lowest BCUT2D eigenvalue weighted by atomic mass is 9.78. The molecule has 3 unspecified atom stereocenters. The highest BCUT2D eigenvalue weighted by atomic mass is 35.5. The number of hydrogen-bond acceptors (Lipinski definition) is 4. The van der Waals surface area contributed by atoms with E-state index in [0.29, 0.717) is 23.5 Å². The number of halogens is 1. The Morgan fingerprint density at radius 2 is 1.76 bits per heavy atom. The van der Waals surface area contributed by atoms with Crippen LogP contribution in [0.1, 0.15) is 34.3 Å². The van der Waals surface area contributed by atoms with Crippen LogP contribution in [0.4, 0.5) is 0 Å². The fourth-order valence-electron chi connectivity index (χ4n) is 4.92. The van der Waals surface area contributed by atoms with Gasteiger partial charge in [0.25, 0.3) is 0 Å². The van der Waals surface area contributed by atoms with Gasteiger partial charge < -0.3 is 14.4 Å². The van der Waals surface area contributed by atoms with Gasteiger partial charge in [0.1, 0.15) is 0 Å². The van der Waals surface area contributed by atoms with E-state index in [0.717, 1.165) is 43.4 Å². The molecule has 29 heavy (non-hydrogen) atoms. The van der Waals surface area contributed by atoms with E-state index in [4.69, 9.17) is 9.47 Å². The van der Waals surface area contributed by atoms with Crippen molar-refractivity contribution in [1.29, 1.82) is 0 Å². The van der Waals surface area contributed by atoms with Crippen molar-refractivity contribution < 1.29 is 14.3 Å². The largest absolute Gasteiger partial charge is 0.493 e. The first kappa shape index (κ1) is 21.7. The van der Waals surface area contributed by atoms with Crippen LogP contribution in [-0.2, 0) is 12.8 Å². The summed E-state index contributed by atoms with van der Waals surface area (Å²) in [5.41, 5.74) is 3.29. The molecule has 0 amide bonds. The first-order valence-corrected chi connectivity index (χ1v) is 10.1. The van der Waals surface area contributed by atoms with Gasteiger partial charge in [0.05, 0.1) is 14.2 Å². The summed E-state index contributed by atoms with van der Waals surface area (Å²) in [7, 11) is 5.47. The maximum atomic E-state index is 13.2. The highest BCUT2D eigenvalue weighted by molar-refractivity contribution is 6.03. The van der Waals surface area contributed by atoms with Gasteiger partial charge in [0.2, 0.25) is 0 Å². The fourth-order valence-corrected chi connectivity index (χ4v) is 4.92. The molecule has 2 aliphatic rings. The van der Waals surface area contributed by atoms with Crippen molar-refractivity contribution in [2.24, 2.45) is 11.8 Å².